The Morgan fingerprint density at radius 1 is 1.25 bits per heavy atom. The number of anilines is 2. The Kier molecular flexibility index (Phi) is 3.41. The second-order valence-electron chi connectivity index (χ2n) is 4.79. The van der Waals surface area contributed by atoms with E-state index >= 15 is 0 Å². The van der Waals surface area contributed by atoms with Crippen molar-refractivity contribution in [1.82, 2.24) is 0 Å². The number of rotatable bonds is 3. The third kappa shape index (κ3) is 2.52. The molecule has 20 heavy (non-hydrogen) atoms. The first-order chi connectivity index (χ1) is 9.74. The Hall–Kier alpha value is -2.30. The average molecular weight is 274 g/mol. The molecule has 1 aromatic heterocycles. The van der Waals surface area contributed by atoms with Gasteiger partial charge in [0.1, 0.15) is 5.82 Å². The summed E-state index contributed by atoms with van der Waals surface area (Å²) in [4.78, 5) is 14.2. The third-order valence-electron chi connectivity index (χ3n) is 3.40. The summed E-state index contributed by atoms with van der Waals surface area (Å²) in [6.07, 6.45) is 3.66. The number of hydrogen-bond donors (Lipinski definition) is 1. The molecule has 0 aliphatic carbocycles. The summed E-state index contributed by atoms with van der Waals surface area (Å²) in [5.74, 6) is -0.537. The smallest absolute Gasteiger partial charge is 0.291 e. The van der Waals surface area contributed by atoms with Gasteiger partial charge in [-0.05, 0) is 43.2 Å². The Balaban J connectivity index is 1.87. The zero-order valence-electron chi connectivity index (χ0n) is 10.9. The monoisotopic (exact) mass is 274 g/mol. The predicted molar refractivity (Wildman–Crippen MR) is 74.5 cm³/mol. The van der Waals surface area contributed by atoms with Gasteiger partial charge >= 0.3 is 0 Å². The molecule has 0 spiro atoms. The summed E-state index contributed by atoms with van der Waals surface area (Å²) in [7, 11) is 0. The molecule has 0 unspecified atom stereocenters. The molecular weight excluding hydrogens is 259 g/mol. The highest BCUT2D eigenvalue weighted by molar-refractivity contribution is 6.04. The number of carbonyl (C=O) groups excluding carboxylic acids is 1. The van der Waals surface area contributed by atoms with E-state index in [1.54, 1.807) is 18.2 Å². The lowest BCUT2D eigenvalue weighted by molar-refractivity contribution is 0.0996. The quantitative estimate of drug-likeness (QED) is 0.934. The fourth-order valence-electron chi connectivity index (χ4n) is 2.43. The predicted octanol–water partition coefficient (Wildman–Crippen LogP) is 3.27. The number of amides is 1. The fourth-order valence-corrected chi connectivity index (χ4v) is 2.43. The van der Waals surface area contributed by atoms with Gasteiger partial charge in [0, 0.05) is 13.1 Å². The molecule has 1 fully saturated rings. The summed E-state index contributed by atoms with van der Waals surface area (Å²) < 4.78 is 18.5. The van der Waals surface area contributed by atoms with Gasteiger partial charge in [0.05, 0.1) is 17.6 Å². The zero-order valence-corrected chi connectivity index (χ0v) is 10.9. The van der Waals surface area contributed by atoms with E-state index in [0.717, 1.165) is 31.6 Å². The van der Waals surface area contributed by atoms with Crippen LogP contribution in [-0.2, 0) is 0 Å². The Labute approximate surface area is 116 Å². The van der Waals surface area contributed by atoms with E-state index in [0.29, 0.717) is 5.69 Å². The summed E-state index contributed by atoms with van der Waals surface area (Å²) >= 11 is 0. The first-order valence-corrected chi connectivity index (χ1v) is 6.63. The molecule has 0 atom stereocenters. The van der Waals surface area contributed by atoms with Gasteiger partial charge in [-0.1, -0.05) is 0 Å². The second kappa shape index (κ2) is 5.36. The maximum Gasteiger partial charge on any atom is 0.291 e. The minimum Gasteiger partial charge on any atom is -0.459 e. The van der Waals surface area contributed by atoms with Gasteiger partial charge in [0.2, 0.25) is 0 Å². The summed E-state index contributed by atoms with van der Waals surface area (Å²) in [5, 5.41) is 2.72. The van der Waals surface area contributed by atoms with Crippen LogP contribution in [0, 0.1) is 5.82 Å². The van der Waals surface area contributed by atoms with E-state index in [4.69, 9.17) is 4.42 Å². The van der Waals surface area contributed by atoms with Gasteiger partial charge in [-0.25, -0.2) is 4.39 Å². The number of benzene rings is 1. The van der Waals surface area contributed by atoms with Gasteiger partial charge in [0.25, 0.3) is 5.91 Å². The van der Waals surface area contributed by atoms with Gasteiger partial charge < -0.3 is 14.6 Å². The van der Waals surface area contributed by atoms with Crippen LogP contribution in [0.2, 0.25) is 0 Å². The van der Waals surface area contributed by atoms with Crippen molar-refractivity contribution in [2.24, 2.45) is 0 Å². The molecule has 1 aliphatic rings. The minimum absolute atomic E-state index is 0.210. The van der Waals surface area contributed by atoms with Crippen LogP contribution in [0.25, 0.3) is 0 Å². The Morgan fingerprint density at radius 2 is 2.05 bits per heavy atom. The van der Waals surface area contributed by atoms with Gasteiger partial charge in [-0.3, -0.25) is 4.79 Å². The van der Waals surface area contributed by atoms with Crippen molar-refractivity contribution in [3.8, 4) is 0 Å². The number of nitrogens with one attached hydrogen (secondary N) is 1. The first kappa shape index (κ1) is 12.7. The highest BCUT2D eigenvalue weighted by atomic mass is 19.1. The largest absolute Gasteiger partial charge is 0.459 e. The minimum atomic E-state index is -0.374. The Morgan fingerprint density at radius 3 is 2.75 bits per heavy atom. The van der Waals surface area contributed by atoms with Crippen molar-refractivity contribution in [1.29, 1.82) is 0 Å². The molecule has 1 aromatic carbocycles. The SMILES string of the molecule is O=C(Nc1cc(F)ccc1N1CCCC1)c1ccco1. The molecule has 1 saturated heterocycles. The molecule has 0 saturated carbocycles. The van der Waals surface area contributed by atoms with Crippen molar-refractivity contribution in [2.45, 2.75) is 12.8 Å². The maximum absolute atomic E-state index is 13.4. The molecule has 0 radical (unpaired) electrons. The Bertz CT molecular complexity index is 604. The third-order valence-corrected chi connectivity index (χ3v) is 3.40. The van der Waals surface area contributed by atoms with Crippen LogP contribution in [0.4, 0.5) is 15.8 Å². The van der Waals surface area contributed by atoms with E-state index in [-0.39, 0.29) is 17.5 Å². The van der Waals surface area contributed by atoms with E-state index in [1.807, 2.05) is 0 Å². The van der Waals surface area contributed by atoms with Crippen molar-refractivity contribution in [2.75, 3.05) is 23.3 Å². The van der Waals surface area contributed by atoms with Crippen LogP contribution in [0.3, 0.4) is 0 Å². The lowest BCUT2D eigenvalue weighted by atomic mass is 10.2. The zero-order chi connectivity index (χ0) is 13.9. The molecule has 2 aromatic rings. The van der Waals surface area contributed by atoms with Crippen molar-refractivity contribution >= 4 is 17.3 Å². The van der Waals surface area contributed by atoms with Crippen molar-refractivity contribution < 1.29 is 13.6 Å². The second-order valence-corrected chi connectivity index (χ2v) is 4.79. The van der Waals surface area contributed by atoms with Crippen LogP contribution in [-0.4, -0.2) is 19.0 Å². The van der Waals surface area contributed by atoms with Gasteiger partial charge in [0.15, 0.2) is 5.76 Å². The van der Waals surface area contributed by atoms with Crippen LogP contribution in [0.15, 0.2) is 41.0 Å². The van der Waals surface area contributed by atoms with E-state index in [9.17, 15) is 9.18 Å². The molecule has 4 nitrogen and oxygen atoms in total. The average Bonchev–Trinajstić information content (AvgIpc) is 3.12. The lowest BCUT2D eigenvalue weighted by Crippen LogP contribution is -2.21. The van der Waals surface area contributed by atoms with Gasteiger partial charge in [-0.2, -0.15) is 0 Å². The van der Waals surface area contributed by atoms with E-state index in [1.165, 1.54) is 18.4 Å². The van der Waals surface area contributed by atoms with Crippen LogP contribution < -0.4 is 10.2 Å². The molecule has 3 rings (SSSR count). The molecular formula is C15H15FN2O2. The van der Waals surface area contributed by atoms with Crippen LogP contribution in [0.1, 0.15) is 23.4 Å². The standard InChI is InChI=1S/C15H15FN2O2/c16-11-5-6-13(18-7-1-2-8-18)12(10-11)17-15(19)14-4-3-9-20-14/h3-6,9-10H,1-2,7-8H2,(H,17,19). The lowest BCUT2D eigenvalue weighted by Gasteiger charge is -2.21. The maximum atomic E-state index is 13.4. The van der Waals surface area contributed by atoms with Crippen LogP contribution in [0.5, 0.6) is 0 Å². The normalized spacial score (nSPS) is 14.6. The molecule has 5 heteroatoms. The van der Waals surface area contributed by atoms with Crippen molar-refractivity contribution in [3.05, 3.63) is 48.2 Å². The van der Waals surface area contributed by atoms with E-state index in [2.05, 4.69) is 10.2 Å². The number of halogens is 1. The number of furan rings is 1. The summed E-state index contributed by atoms with van der Waals surface area (Å²) in [6.45, 7) is 1.85. The molecule has 104 valence electrons. The fraction of sp³-hybridized carbons (Fsp3) is 0.267. The number of nitrogens with zero attached hydrogens (tertiary/aromatic N) is 1. The number of hydrogen-bond acceptors (Lipinski definition) is 3. The van der Waals surface area contributed by atoms with Crippen molar-refractivity contribution in [3.63, 3.8) is 0 Å². The van der Waals surface area contributed by atoms with Crippen LogP contribution >= 0.6 is 0 Å². The first-order valence-electron chi connectivity index (χ1n) is 6.63. The number of carbonyl (C=O) groups is 1. The molecule has 2 heterocycles. The topological polar surface area (TPSA) is 45.5 Å². The highest BCUT2D eigenvalue weighted by Crippen LogP contribution is 2.30. The molecule has 1 N–H and O–H groups in total. The molecule has 1 amide bonds. The highest BCUT2D eigenvalue weighted by Gasteiger charge is 2.18. The summed E-state index contributed by atoms with van der Waals surface area (Å²) in [6, 6.07) is 7.68. The van der Waals surface area contributed by atoms with Gasteiger partial charge in [-0.15, -0.1) is 0 Å². The summed E-state index contributed by atoms with van der Waals surface area (Å²) in [5.41, 5.74) is 1.33. The molecule has 0 bridgehead atoms. The molecule has 1 aliphatic heterocycles. The van der Waals surface area contributed by atoms with E-state index < -0.39 is 0 Å².